The third-order valence-electron chi connectivity index (χ3n) is 2.77. The lowest BCUT2D eigenvalue weighted by atomic mass is 10.2. The normalized spacial score (nSPS) is 10.3. The molecule has 7 heteroatoms. The topological polar surface area (TPSA) is 79.8 Å². The van der Waals surface area contributed by atoms with Gasteiger partial charge in [0.2, 0.25) is 0 Å². The summed E-state index contributed by atoms with van der Waals surface area (Å²) in [5.41, 5.74) is 1.55. The molecule has 0 unspecified atom stereocenters. The van der Waals surface area contributed by atoms with E-state index in [1.807, 2.05) is 18.2 Å². The number of hydrogen-bond acceptors (Lipinski definition) is 4. The summed E-state index contributed by atoms with van der Waals surface area (Å²) in [5.74, 6) is 0.392. The lowest BCUT2D eigenvalue weighted by Gasteiger charge is -2.09. The highest BCUT2D eigenvalue weighted by Gasteiger charge is 2.08. The number of anilines is 2. The number of nitrogens with zero attached hydrogens (tertiary/aromatic N) is 3. The van der Waals surface area contributed by atoms with Crippen molar-refractivity contribution in [2.75, 3.05) is 10.6 Å². The smallest absolute Gasteiger partial charge is 0.307 e. The molecular weight excluding hydrogens is 381 g/mol. The van der Waals surface area contributed by atoms with Crippen LogP contribution in [0.2, 0.25) is 0 Å². The highest BCUT2D eigenvalue weighted by Crippen LogP contribution is 2.25. The fourth-order valence-corrected chi connectivity index (χ4v) is 2.52. The Kier molecular flexibility index (Phi) is 3.91. The summed E-state index contributed by atoms with van der Waals surface area (Å²) in [5, 5.41) is 6.31. The molecule has 0 saturated heterocycles. The van der Waals surface area contributed by atoms with E-state index in [1.165, 1.54) is 12.4 Å². The fraction of sp³-hybridized carbons (Fsp3) is 0. The molecule has 21 heavy (non-hydrogen) atoms. The van der Waals surface area contributed by atoms with Crippen molar-refractivity contribution in [2.45, 2.75) is 0 Å². The van der Waals surface area contributed by atoms with Crippen LogP contribution in [0.25, 0.3) is 10.9 Å². The Bertz CT molecular complexity index is 794. The minimum atomic E-state index is -0.373. The van der Waals surface area contributed by atoms with Crippen molar-refractivity contribution in [3.05, 3.63) is 52.6 Å². The van der Waals surface area contributed by atoms with Gasteiger partial charge in [0.1, 0.15) is 0 Å². The summed E-state index contributed by atoms with van der Waals surface area (Å²) in [6.07, 6.45) is 6.21. The number of carbonyl (C=O) groups is 1. The number of carbonyl (C=O) groups excluding carboxylic acids is 1. The second-order valence-electron chi connectivity index (χ2n) is 4.16. The molecule has 0 aliphatic rings. The summed E-state index contributed by atoms with van der Waals surface area (Å²) < 4.78 is 1.03. The van der Waals surface area contributed by atoms with Crippen molar-refractivity contribution in [3.63, 3.8) is 0 Å². The van der Waals surface area contributed by atoms with Gasteiger partial charge in [-0.15, -0.1) is 0 Å². The third-order valence-corrected chi connectivity index (χ3v) is 3.65. The van der Waals surface area contributed by atoms with Gasteiger partial charge in [0.05, 0.1) is 17.4 Å². The summed E-state index contributed by atoms with van der Waals surface area (Å²) >= 11 is 2.22. The van der Waals surface area contributed by atoms with E-state index in [-0.39, 0.29) is 6.03 Å². The molecule has 0 fully saturated rings. The molecule has 1 aromatic carbocycles. The molecule has 0 saturated carbocycles. The summed E-state index contributed by atoms with van der Waals surface area (Å²) in [6, 6.07) is 7.20. The average Bonchev–Trinajstić information content (AvgIpc) is 2.49. The number of fused-ring (bicyclic) bond motifs is 1. The number of hydrogen-bond donors (Lipinski definition) is 2. The van der Waals surface area contributed by atoms with E-state index in [0.29, 0.717) is 11.5 Å². The van der Waals surface area contributed by atoms with Crippen LogP contribution in [0.4, 0.5) is 16.3 Å². The molecule has 0 radical (unpaired) electrons. The zero-order valence-electron chi connectivity index (χ0n) is 10.7. The van der Waals surface area contributed by atoms with E-state index >= 15 is 0 Å². The zero-order chi connectivity index (χ0) is 14.7. The van der Waals surface area contributed by atoms with Crippen LogP contribution >= 0.6 is 22.6 Å². The van der Waals surface area contributed by atoms with Gasteiger partial charge in [0.15, 0.2) is 5.82 Å². The summed E-state index contributed by atoms with van der Waals surface area (Å²) in [4.78, 5) is 24.2. The molecule has 2 N–H and O–H groups in total. The first-order chi connectivity index (χ1) is 10.2. The molecule has 2 aromatic heterocycles. The lowest BCUT2D eigenvalue weighted by Crippen LogP contribution is -2.20. The number of benzene rings is 1. The SMILES string of the molecule is O=C(Nc1cnccn1)Nc1ccnc2c(I)cccc12. The van der Waals surface area contributed by atoms with Crippen molar-refractivity contribution < 1.29 is 4.79 Å². The van der Waals surface area contributed by atoms with Gasteiger partial charge in [-0.3, -0.25) is 15.3 Å². The molecule has 0 atom stereocenters. The molecule has 6 nitrogen and oxygen atoms in total. The van der Waals surface area contributed by atoms with Crippen molar-refractivity contribution >= 4 is 51.0 Å². The second-order valence-corrected chi connectivity index (χ2v) is 5.33. The van der Waals surface area contributed by atoms with Crippen molar-refractivity contribution in [3.8, 4) is 0 Å². The first kappa shape index (κ1) is 13.7. The van der Waals surface area contributed by atoms with E-state index in [9.17, 15) is 4.79 Å². The van der Waals surface area contributed by atoms with Crippen molar-refractivity contribution in [1.29, 1.82) is 0 Å². The third kappa shape index (κ3) is 3.07. The Labute approximate surface area is 134 Å². The maximum Gasteiger partial charge on any atom is 0.324 e. The Morgan fingerprint density at radius 3 is 2.76 bits per heavy atom. The van der Waals surface area contributed by atoms with Crippen LogP contribution in [0.3, 0.4) is 0 Å². The number of rotatable bonds is 2. The first-order valence-corrected chi connectivity index (χ1v) is 7.19. The molecule has 0 spiro atoms. The second kappa shape index (κ2) is 6.00. The maximum atomic E-state index is 12.0. The number of aromatic nitrogens is 3. The standard InChI is InChI=1S/C14H10IN5O/c15-10-3-1-2-9-11(4-5-18-13(9)10)19-14(21)20-12-8-16-6-7-17-12/h1-8H,(H2,17,18,19,20,21). The van der Waals surface area contributed by atoms with E-state index in [4.69, 9.17) is 0 Å². The molecule has 2 amide bonds. The summed E-state index contributed by atoms with van der Waals surface area (Å²) in [6.45, 7) is 0. The Balaban J connectivity index is 1.85. The number of halogens is 1. The van der Waals surface area contributed by atoms with Crippen LogP contribution in [0.15, 0.2) is 49.1 Å². The van der Waals surface area contributed by atoms with E-state index in [2.05, 4.69) is 48.2 Å². The predicted molar refractivity (Wildman–Crippen MR) is 89.1 cm³/mol. The van der Waals surface area contributed by atoms with Crippen LogP contribution < -0.4 is 10.6 Å². The summed E-state index contributed by atoms with van der Waals surface area (Å²) in [7, 11) is 0. The Morgan fingerprint density at radius 1 is 1.05 bits per heavy atom. The molecule has 0 bridgehead atoms. The largest absolute Gasteiger partial charge is 0.324 e. The number of pyridine rings is 1. The van der Waals surface area contributed by atoms with Gasteiger partial charge in [-0.05, 0) is 34.7 Å². The number of para-hydroxylation sites is 1. The minimum absolute atomic E-state index is 0.373. The highest BCUT2D eigenvalue weighted by molar-refractivity contribution is 14.1. The molecule has 3 rings (SSSR count). The minimum Gasteiger partial charge on any atom is -0.307 e. The van der Waals surface area contributed by atoms with Crippen LogP contribution in [-0.4, -0.2) is 21.0 Å². The molecule has 2 heterocycles. The Hall–Kier alpha value is -2.29. The van der Waals surface area contributed by atoms with Gasteiger partial charge in [0, 0.05) is 27.5 Å². The van der Waals surface area contributed by atoms with Gasteiger partial charge in [-0.1, -0.05) is 12.1 Å². The van der Waals surface area contributed by atoms with E-state index < -0.39 is 0 Å². The molecule has 0 aliphatic carbocycles. The van der Waals surface area contributed by atoms with Crippen molar-refractivity contribution in [2.24, 2.45) is 0 Å². The zero-order valence-corrected chi connectivity index (χ0v) is 12.9. The quantitative estimate of drug-likeness (QED) is 0.658. The van der Waals surface area contributed by atoms with Crippen LogP contribution in [0, 0.1) is 3.57 Å². The van der Waals surface area contributed by atoms with E-state index in [0.717, 1.165) is 14.5 Å². The average molecular weight is 391 g/mol. The molecule has 0 aliphatic heterocycles. The van der Waals surface area contributed by atoms with Crippen LogP contribution in [0.1, 0.15) is 0 Å². The predicted octanol–water partition coefficient (Wildman–Crippen LogP) is 3.27. The first-order valence-electron chi connectivity index (χ1n) is 6.11. The molecular formula is C14H10IN5O. The monoisotopic (exact) mass is 391 g/mol. The number of nitrogens with one attached hydrogen (secondary N) is 2. The lowest BCUT2D eigenvalue weighted by molar-refractivity contribution is 0.262. The van der Waals surface area contributed by atoms with Crippen LogP contribution in [-0.2, 0) is 0 Å². The number of urea groups is 1. The van der Waals surface area contributed by atoms with Gasteiger partial charge in [0.25, 0.3) is 0 Å². The molecule has 104 valence electrons. The Morgan fingerprint density at radius 2 is 1.95 bits per heavy atom. The van der Waals surface area contributed by atoms with Gasteiger partial charge < -0.3 is 5.32 Å². The highest BCUT2D eigenvalue weighted by atomic mass is 127. The van der Waals surface area contributed by atoms with Crippen LogP contribution in [0.5, 0.6) is 0 Å². The fourth-order valence-electron chi connectivity index (χ4n) is 1.88. The van der Waals surface area contributed by atoms with Crippen molar-refractivity contribution in [1.82, 2.24) is 15.0 Å². The molecule has 3 aromatic rings. The van der Waals surface area contributed by atoms with Gasteiger partial charge in [-0.25, -0.2) is 9.78 Å². The van der Waals surface area contributed by atoms with Gasteiger partial charge in [-0.2, -0.15) is 0 Å². The maximum absolute atomic E-state index is 12.0. The number of amides is 2. The van der Waals surface area contributed by atoms with E-state index in [1.54, 1.807) is 18.5 Å². The van der Waals surface area contributed by atoms with Gasteiger partial charge >= 0.3 is 6.03 Å².